The van der Waals surface area contributed by atoms with Gasteiger partial charge < -0.3 is 14.7 Å². The SMILES string of the molecule is COc1ccc(N2CCN([C@@H](c3ccc(C(C)C)cc3)c3sc4nc(C)nn4c3O)CC2)cc1. The van der Waals surface area contributed by atoms with Crippen molar-refractivity contribution >= 4 is 22.0 Å². The number of methoxy groups -OCH3 is 1. The third-order valence-corrected chi connectivity index (χ3v) is 7.66. The number of fused-ring (bicyclic) bond motifs is 1. The quantitative estimate of drug-likeness (QED) is 0.428. The number of benzene rings is 2. The molecule has 0 radical (unpaired) electrons. The van der Waals surface area contributed by atoms with Crippen molar-refractivity contribution in [3.05, 3.63) is 70.4 Å². The van der Waals surface area contributed by atoms with Gasteiger partial charge in [0.2, 0.25) is 10.8 Å². The number of aromatic nitrogens is 3. The van der Waals surface area contributed by atoms with Crippen LogP contribution in [-0.2, 0) is 0 Å². The maximum Gasteiger partial charge on any atom is 0.230 e. The largest absolute Gasteiger partial charge is 0.497 e. The van der Waals surface area contributed by atoms with Crippen LogP contribution in [0, 0.1) is 6.92 Å². The minimum Gasteiger partial charge on any atom is -0.497 e. The fourth-order valence-corrected chi connectivity index (χ4v) is 5.81. The van der Waals surface area contributed by atoms with E-state index in [9.17, 15) is 5.11 Å². The van der Waals surface area contributed by atoms with Crippen LogP contribution in [0.15, 0.2) is 48.5 Å². The van der Waals surface area contributed by atoms with E-state index < -0.39 is 0 Å². The molecular formula is C26H31N5O2S. The summed E-state index contributed by atoms with van der Waals surface area (Å²) in [5, 5.41) is 15.5. The Kier molecular flexibility index (Phi) is 6.18. The highest BCUT2D eigenvalue weighted by Crippen LogP contribution is 2.40. The molecule has 1 N–H and O–H groups in total. The molecule has 5 rings (SSSR count). The van der Waals surface area contributed by atoms with Crippen LogP contribution in [0.1, 0.15) is 47.6 Å². The van der Waals surface area contributed by atoms with Crippen molar-refractivity contribution in [3.8, 4) is 11.6 Å². The van der Waals surface area contributed by atoms with E-state index in [1.54, 1.807) is 11.6 Å². The number of anilines is 1. The van der Waals surface area contributed by atoms with Crippen molar-refractivity contribution in [2.45, 2.75) is 32.7 Å². The van der Waals surface area contributed by atoms with E-state index >= 15 is 0 Å². The lowest BCUT2D eigenvalue weighted by Gasteiger charge is -2.40. The Labute approximate surface area is 204 Å². The molecule has 0 bridgehead atoms. The Morgan fingerprint density at radius 3 is 2.18 bits per heavy atom. The van der Waals surface area contributed by atoms with Gasteiger partial charge in [-0.3, -0.25) is 4.90 Å². The first-order chi connectivity index (χ1) is 16.4. The molecule has 1 fully saturated rings. The van der Waals surface area contributed by atoms with Crippen LogP contribution in [-0.4, -0.2) is 57.9 Å². The third-order valence-electron chi connectivity index (χ3n) is 6.59. The molecule has 1 saturated heterocycles. The Morgan fingerprint density at radius 1 is 0.941 bits per heavy atom. The van der Waals surface area contributed by atoms with Crippen LogP contribution < -0.4 is 9.64 Å². The summed E-state index contributed by atoms with van der Waals surface area (Å²) in [6, 6.07) is 17.0. The molecule has 3 heterocycles. The molecule has 0 spiro atoms. The highest BCUT2D eigenvalue weighted by Gasteiger charge is 2.31. The van der Waals surface area contributed by atoms with E-state index in [4.69, 9.17) is 4.74 Å². The van der Waals surface area contributed by atoms with Crippen LogP contribution in [0.2, 0.25) is 0 Å². The molecule has 8 heteroatoms. The van der Waals surface area contributed by atoms with Gasteiger partial charge in [-0.25, -0.2) is 4.98 Å². The molecular weight excluding hydrogens is 446 g/mol. The van der Waals surface area contributed by atoms with E-state index in [-0.39, 0.29) is 11.9 Å². The molecule has 34 heavy (non-hydrogen) atoms. The van der Waals surface area contributed by atoms with E-state index in [0.29, 0.717) is 11.7 Å². The molecule has 1 aliphatic rings. The topological polar surface area (TPSA) is 66.1 Å². The molecule has 0 amide bonds. The first-order valence-electron chi connectivity index (χ1n) is 11.7. The van der Waals surface area contributed by atoms with E-state index in [0.717, 1.165) is 41.8 Å². The predicted molar refractivity (Wildman–Crippen MR) is 136 cm³/mol. The van der Waals surface area contributed by atoms with Crippen molar-refractivity contribution in [2.75, 3.05) is 38.2 Å². The summed E-state index contributed by atoms with van der Waals surface area (Å²) in [6.07, 6.45) is 0. The second-order valence-corrected chi connectivity index (χ2v) is 10.1. The summed E-state index contributed by atoms with van der Waals surface area (Å²) in [6.45, 7) is 9.85. The zero-order chi connectivity index (χ0) is 23.8. The summed E-state index contributed by atoms with van der Waals surface area (Å²) in [7, 11) is 1.69. The average Bonchev–Trinajstić information content (AvgIpc) is 3.37. The van der Waals surface area contributed by atoms with Gasteiger partial charge in [-0.15, -0.1) is 5.10 Å². The molecule has 7 nitrogen and oxygen atoms in total. The van der Waals surface area contributed by atoms with E-state index in [1.807, 2.05) is 19.1 Å². The van der Waals surface area contributed by atoms with Crippen molar-refractivity contribution in [3.63, 3.8) is 0 Å². The number of aryl methyl sites for hydroxylation is 1. The monoisotopic (exact) mass is 477 g/mol. The number of piperazine rings is 1. The summed E-state index contributed by atoms with van der Waals surface area (Å²) in [5.41, 5.74) is 3.70. The Balaban J connectivity index is 1.44. The molecule has 178 valence electrons. The molecule has 0 unspecified atom stereocenters. The molecule has 2 aromatic heterocycles. The van der Waals surface area contributed by atoms with Crippen molar-refractivity contribution in [1.82, 2.24) is 19.5 Å². The van der Waals surface area contributed by atoms with Crippen LogP contribution in [0.5, 0.6) is 11.6 Å². The average molecular weight is 478 g/mol. The molecule has 1 aliphatic heterocycles. The number of ether oxygens (including phenoxy) is 1. The first kappa shape index (κ1) is 22.7. The number of aromatic hydroxyl groups is 1. The van der Waals surface area contributed by atoms with Gasteiger partial charge in [-0.1, -0.05) is 49.4 Å². The summed E-state index contributed by atoms with van der Waals surface area (Å²) in [4.78, 5) is 11.0. The highest BCUT2D eigenvalue weighted by molar-refractivity contribution is 7.17. The fourth-order valence-electron chi connectivity index (χ4n) is 4.65. The lowest BCUT2D eigenvalue weighted by atomic mass is 9.97. The van der Waals surface area contributed by atoms with Crippen LogP contribution >= 0.6 is 11.3 Å². The molecule has 0 aliphatic carbocycles. The minimum atomic E-state index is -0.0481. The fraction of sp³-hybridized carbons (Fsp3) is 0.385. The van der Waals surface area contributed by atoms with Gasteiger partial charge in [0.25, 0.3) is 0 Å². The minimum absolute atomic E-state index is 0.0481. The molecule has 2 aromatic carbocycles. The lowest BCUT2D eigenvalue weighted by molar-refractivity contribution is 0.211. The Morgan fingerprint density at radius 2 is 1.59 bits per heavy atom. The second kappa shape index (κ2) is 9.27. The molecule has 1 atom stereocenters. The van der Waals surface area contributed by atoms with Gasteiger partial charge in [0.1, 0.15) is 11.6 Å². The van der Waals surface area contributed by atoms with Gasteiger partial charge in [0, 0.05) is 31.9 Å². The molecule has 4 aromatic rings. The van der Waals surface area contributed by atoms with Crippen molar-refractivity contribution < 1.29 is 9.84 Å². The number of rotatable bonds is 6. The van der Waals surface area contributed by atoms with Crippen LogP contribution in [0.3, 0.4) is 0 Å². The predicted octanol–water partition coefficient (Wildman–Crippen LogP) is 4.85. The zero-order valence-corrected chi connectivity index (χ0v) is 20.9. The van der Waals surface area contributed by atoms with Gasteiger partial charge in [-0.05, 0) is 48.2 Å². The molecule has 0 saturated carbocycles. The first-order valence-corrected chi connectivity index (χ1v) is 12.5. The highest BCUT2D eigenvalue weighted by atomic mass is 32.1. The standard InChI is InChI=1S/C26H31N5O2S/c1-17(2)19-5-7-20(8-6-19)23(24-25(32)31-26(34-24)27-18(3)28-31)30-15-13-29(14-16-30)21-9-11-22(33-4)12-10-21/h5-12,17,23,32H,13-16H2,1-4H3/t23-/m0/s1. The van der Waals surface area contributed by atoms with E-state index in [1.165, 1.54) is 28.2 Å². The number of nitrogens with zero attached hydrogens (tertiary/aromatic N) is 5. The Hall–Kier alpha value is -3.10. The van der Waals surface area contributed by atoms with E-state index in [2.05, 4.69) is 70.1 Å². The van der Waals surface area contributed by atoms with Crippen LogP contribution in [0.4, 0.5) is 5.69 Å². The normalized spacial score (nSPS) is 15.9. The van der Waals surface area contributed by atoms with Gasteiger partial charge in [0.05, 0.1) is 18.0 Å². The van der Waals surface area contributed by atoms with Crippen molar-refractivity contribution in [2.24, 2.45) is 0 Å². The second-order valence-electron chi connectivity index (χ2n) is 9.09. The van der Waals surface area contributed by atoms with Gasteiger partial charge in [0.15, 0.2) is 0 Å². The maximum absolute atomic E-state index is 11.1. The summed E-state index contributed by atoms with van der Waals surface area (Å²) >= 11 is 1.52. The summed E-state index contributed by atoms with van der Waals surface area (Å²) in [5.74, 6) is 2.20. The van der Waals surface area contributed by atoms with Crippen molar-refractivity contribution in [1.29, 1.82) is 0 Å². The smallest absolute Gasteiger partial charge is 0.230 e. The summed E-state index contributed by atoms with van der Waals surface area (Å²) < 4.78 is 6.87. The Bertz CT molecular complexity index is 1260. The van der Waals surface area contributed by atoms with Gasteiger partial charge in [-0.2, -0.15) is 4.52 Å². The van der Waals surface area contributed by atoms with Crippen LogP contribution in [0.25, 0.3) is 4.96 Å². The third kappa shape index (κ3) is 4.23. The maximum atomic E-state index is 11.1. The zero-order valence-electron chi connectivity index (χ0n) is 20.1. The number of thiazole rings is 1. The number of hydrogen-bond acceptors (Lipinski definition) is 7. The van der Waals surface area contributed by atoms with Gasteiger partial charge >= 0.3 is 0 Å². The lowest BCUT2D eigenvalue weighted by Crippen LogP contribution is -2.47. The number of hydrogen-bond donors (Lipinski definition) is 1.